The zero-order valence-corrected chi connectivity index (χ0v) is 13.2. The van der Waals surface area contributed by atoms with Crippen molar-refractivity contribution in [2.24, 2.45) is 7.05 Å². The van der Waals surface area contributed by atoms with Crippen LogP contribution in [0.15, 0.2) is 34.9 Å². The molecule has 0 aliphatic carbocycles. The van der Waals surface area contributed by atoms with Gasteiger partial charge in [-0.15, -0.1) is 0 Å². The van der Waals surface area contributed by atoms with E-state index in [1.165, 1.54) is 12.1 Å². The highest BCUT2D eigenvalue weighted by Gasteiger charge is 2.33. The third kappa shape index (κ3) is 2.60. The fourth-order valence-electron chi connectivity index (χ4n) is 2.86. The summed E-state index contributed by atoms with van der Waals surface area (Å²) < 4.78 is 15.7. The Morgan fingerprint density at radius 3 is 2.95 bits per heavy atom. The molecule has 0 radical (unpaired) electrons. The Morgan fingerprint density at radius 2 is 2.29 bits per heavy atom. The zero-order chi connectivity index (χ0) is 15.0. The van der Waals surface area contributed by atoms with Crippen molar-refractivity contribution in [1.29, 1.82) is 0 Å². The second-order valence-corrected chi connectivity index (χ2v) is 6.03. The second kappa shape index (κ2) is 5.60. The number of aromatic nitrogens is 2. The van der Waals surface area contributed by atoms with Crippen LogP contribution in [-0.2, 0) is 7.05 Å². The summed E-state index contributed by atoms with van der Waals surface area (Å²) in [5, 5.41) is 4.08. The zero-order valence-electron chi connectivity index (χ0n) is 11.6. The van der Waals surface area contributed by atoms with E-state index in [2.05, 4.69) is 21.0 Å². The van der Waals surface area contributed by atoms with Crippen LogP contribution in [-0.4, -0.2) is 27.1 Å². The first kappa shape index (κ1) is 14.3. The van der Waals surface area contributed by atoms with Gasteiger partial charge in [0, 0.05) is 13.6 Å². The largest absolute Gasteiger partial charge is 0.330 e. The summed E-state index contributed by atoms with van der Waals surface area (Å²) in [6, 6.07) is 6.41. The van der Waals surface area contributed by atoms with E-state index in [1.807, 2.05) is 6.07 Å². The molecule has 2 aromatic rings. The molecule has 1 saturated heterocycles. The maximum atomic E-state index is 13.4. The molecular formula is C15H15BrFN3O. The first-order valence-corrected chi connectivity index (χ1v) is 7.61. The van der Waals surface area contributed by atoms with E-state index in [0.29, 0.717) is 16.7 Å². The lowest BCUT2D eigenvalue weighted by molar-refractivity contribution is 0.0723. The molecule has 1 aromatic heterocycles. The van der Waals surface area contributed by atoms with Crippen LogP contribution < -0.4 is 0 Å². The van der Waals surface area contributed by atoms with Gasteiger partial charge < -0.3 is 4.90 Å². The van der Waals surface area contributed by atoms with Crippen molar-refractivity contribution in [2.45, 2.75) is 18.9 Å². The predicted octanol–water partition coefficient (Wildman–Crippen LogP) is 3.30. The number of carbonyl (C=O) groups is 1. The number of rotatable bonds is 2. The normalized spacial score (nSPS) is 18.2. The number of aryl methyl sites for hydroxylation is 1. The highest BCUT2D eigenvalue weighted by molar-refractivity contribution is 9.10. The monoisotopic (exact) mass is 351 g/mol. The van der Waals surface area contributed by atoms with E-state index in [1.54, 1.807) is 28.9 Å². The SMILES string of the molecule is Cn1ncc(Br)c1C(=O)N1CCCC1c1cccc(F)c1. The van der Waals surface area contributed by atoms with Crippen molar-refractivity contribution >= 4 is 21.8 Å². The predicted molar refractivity (Wildman–Crippen MR) is 80.3 cm³/mol. The van der Waals surface area contributed by atoms with Crippen LogP contribution in [0.4, 0.5) is 4.39 Å². The molecule has 21 heavy (non-hydrogen) atoms. The molecule has 1 fully saturated rings. The number of carbonyl (C=O) groups excluding carboxylic acids is 1. The molecule has 1 aromatic carbocycles. The minimum atomic E-state index is -0.270. The van der Waals surface area contributed by atoms with E-state index < -0.39 is 0 Å². The molecule has 0 N–H and O–H groups in total. The van der Waals surface area contributed by atoms with Gasteiger partial charge in [0.15, 0.2) is 0 Å². The molecule has 1 unspecified atom stereocenters. The standard InChI is InChI=1S/C15H15BrFN3O/c1-19-14(12(16)9-18-19)15(21)20-7-3-6-13(20)10-4-2-5-11(17)8-10/h2,4-5,8-9,13H,3,6-7H2,1H3. The fourth-order valence-corrected chi connectivity index (χ4v) is 3.38. The molecule has 1 aliphatic heterocycles. The minimum Gasteiger partial charge on any atom is -0.330 e. The molecule has 6 heteroatoms. The van der Waals surface area contributed by atoms with Gasteiger partial charge in [0.1, 0.15) is 11.5 Å². The first-order chi connectivity index (χ1) is 10.1. The second-order valence-electron chi connectivity index (χ2n) is 5.18. The summed E-state index contributed by atoms with van der Waals surface area (Å²) in [6.07, 6.45) is 3.38. The highest BCUT2D eigenvalue weighted by Crippen LogP contribution is 2.34. The van der Waals surface area contributed by atoms with E-state index in [9.17, 15) is 9.18 Å². The van der Waals surface area contributed by atoms with Crippen LogP contribution in [0.5, 0.6) is 0 Å². The molecule has 110 valence electrons. The Hall–Kier alpha value is -1.69. The summed E-state index contributed by atoms with van der Waals surface area (Å²) in [5.74, 6) is -0.345. The average molecular weight is 352 g/mol. The molecule has 1 amide bonds. The lowest BCUT2D eigenvalue weighted by Crippen LogP contribution is -2.32. The first-order valence-electron chi connectivity index (χ1n) is 6.82. The maximum Gasteiger partial charge on any atom is 0.273 e. The van der Waals surface area contributed by atoms with Crippen LogP contribution in [0.2, 0.25) is 0 Å². The van der Waals surface area contributed by atoms with E-state index in [0.717, 1.165) is 18.4 Å². The number of likely N-dealkylation sites (tertiary alicyclic amines) is 1. The molecule has 0 spiro atoms. The molecule has 0 saturated carbocycles. The summed E-state index contributed by atoms with van der Waals surface area (Å²) in [6.45, 7) is 0.678. The third-order valence-corrected chi connectivity index (χ3v) is 4.42. The Morgan fingerprint density at radius 1 is 1.48 bits per heavy atom. The topological polar surface area (TPSA) is 38.1 Å². The number of hydrogen-bond acceptors (Lipinski definition) is 2. The summed E-state index contributed by atoms with van der Waals surface area (Å²) >= 11 is 3.36. The Labute approximate surface area is 130 Å². The van der Waals surface area contributed by atoms with Gasteiger partial charge in [-0.3, -0.25) is 9.48 Å². The van der Waals surface area contributed by atoms with E-state index in [-0.39, 0.29) is 17.8 Å². The lowest BCUT2D eigenvalue weighted by atomic mass is 10.0. The Balaban J connectivity index is 1.93. The molecule has 1 aliphatic rings. The van der Waals surface area contributed by atoms with Gasteiger partial charge in [0.25, 0.3) is 5.91 Å². The Kier molecular flexibility index (Phi) is 3.80. The molecule has 0 bridgehead atoms. The quantitative estimate of drug-likeness (QED) is 0.832. The molecular weight excluding hydrogens is 337 g/mol. The van der Waals surface area contributed by atoms with Gasteiger partial charge >= 0.3 is 0 Å². The average Bonchev–Trinajstić information content (AvgIpc) is 3.05. The van der Waals surface area contributed by atoms with Gasteiger partial charge in [-0.25, -0.2) is 4.39 Å². The highest BCUT2D eigenvalue weighted by atomic mass is 79.9. The molecule has 4 nitrogen and oxygen atoms in total. The molecule has 1 atom stereocenters. The van der Waals surface area contributed by atoms with Gasteiger partial charge in [-0.2, -0.15) is 5.10 Å². The van der Waals surface area contributed by atoms with Crippen molar-refractivity contribution in [3.63, 3.8) is 0 Å². The smallest absolute Gasteiger partial charge is 0.273 e. The van der Waals surface area contributed by atoms with Gasteiger partial charge in [-0.05, 0) is 46.5 Å². The summed E-state index contributed by atoms with van der Waals surface area (Å²) in [4.78, 5) is 14.6. The number of benzene rings is 1. The number of hydrogen-bond donors (Lipinski definition) is 0. The molecule has 2 heterocycles. The van der Waals surface area contributed by atoms with Crippen molar-refractivity contribution in [3.8, 4) is 0 Å². The lowest BCUT2D eigenvalue weighted by Gasteiger charge is -2.25. The number of halogens is 2. The van der Waals surface area contributed by atoms with Crippen molar-refractivity contribution < 1.29 is 9.18 Å². The summed E-state index contributed by atoms with van der Waals surface area (Å²) in [7, 11) is 1.74. The molecule has 3 rings (SSSR count). The van der Waals surface area contributed by atoms with Gasteiger partial charge in [0.05, 0.1) is 16.7 Å². The van der Waals surface area contributed by atoms with Crippen molar-refractivity contribution in [1.82, 2.24) is 14.7 Å². The Bertz CT molecular complexity index is 666. The van der Waals surface area contributed by atoms with Gasteiger partial charge in [0.2, 0.25) is 0 Å². The van der Waals surface area contributed by atoms with E-state index in [4.69, 9.17) is 0 Å². The number of nitrogens with zero attached hydrogens (tertiary/aromatic N) is 3. The van der Waals surface area contributed by atoms with Crippen LogP contribution in [0.3, 0.4) is 0 Å². The summed E-state index contributed by atoms with van der Waals surface area (Å²) in [5.41, 5.74) is 1.37. The van der Waals surface area contributed by atoms with Crippen molar-refractivity contribution in [2.75, 3.05) is 6.54 Å². The fraction of sp³-hybridized carbons (Fsp3) is 0.333. The minimum absolute atomic E-state index is 0.0741. The number of amides is 1. The van der Waals surface area contributed by atoms with Crippen LogP contribution in [0, 0.1) is 5.82 Å². The third-order valence-electron chi connectivity index (χ3n) is 3.84. The van der Waals surface area contributed by atoms with Crippen LogP contribution >= 0.6 is 15.9 Å². The van der Waals surface area contributed by atoms with Crippen LogP contribution in [0.25, 0.3) is 0 Å². The van der Waals surface area contributed by atoms with Gasteiger partial charge in [-0.1, -0.05) is 12.1 Å². The van der Waals surface area contributed by atoms with Crippen molar-refractivity contribution in [3.05, 3.63) is 52.0 Å². The maximum absolute atomic E-state index is 13.4. The van der Waals surface area contributed by atoms with Crippen LogP contribution in [0.1, 0.15) is 34.9 Å². The van der Waals surface area contributed by atoms with E-state index >= 15 is 0 Å².